The normalized spacial score (nSPS) is 14.4. The van der Waals surface area contributed by atoms with E-state index in [0.717, 1.165) is 28.6 Å². The number of benzene rings is 3. The number of thiazole rings is 1. The zero-order valence-corrected chi connectivity index (χ0v) is 21.9. The number of amides is 1. The first kappa shape index (κ1) is 24.1. The standard InChI is InChI=1S/C25H21Cl2N3O3S2/c1-2-29-23-21(14-13-19(26)22(23)27)34-25(29)28-24(31)17-9-11-18(12-10-17)35(32,33)30-15-5-7-16-6-3-4-8-20(16)30/h3-4,6,8-14H,2,5,7,15H2,1H3. The van der Waals surface area contributed by atoms with Gasteiger partial charge in [0.2, 0.25) is 0 Å². The molecule has 6 nitrogen and oxygen atoms in total. The molecule has 1 aliphatic heterocycles. The summed E-state index contributed by atoms with van der Waals surface area (Å²) < 4.78 is 30.9. The molecule has 0 atom stereocenters. The summed E-state index contributed by atoms with van der Waals surface area (Å²) in [6.07, 6.45) is 1.61. The topological polar surface area (TPSA) is 71.7 Å². The van der Waals surface area contributed by atoms with Gasteiger partial charge in [0.15, 0.2) is 4.80 Å². The minimum Gasteiger partial charge on any atom is -0.315 e. The van der Waals surface area contributed by atoms with Gasteiger partial charge in [0.25, 0.3) is 15.9 Å². The molecule has 0 spiro atoms. The number of hydrogen-bond acceptors (Lipinski definition) is 4. The van der Waals surface area contributed by atoms with E-state index >= 15 is 0 Å². The van der Waals surface area contributed by atoms with Gasteiger partial charge in [-0.25, -0.2) is 8.42 Å². The molecule has 1 amide bonds. The highest BCUT2D eigenvalue weighted by molar-refractivity contribution is 7.92. The number of sulfonamides is 1. The Labute approximate surface area is 217 Å². The monoisotopic (exact) mass is 545 g/mol. The Morgan fingerprint density at radius 3 is 2.54 bits per heavy atom. The molecule has 0 aliphatic carbocycles. The number of aromatic nitrogens is 1. The van der Waals surface area contributed by atoms with Crippen LogP contribution in [0.3, 0.4) is 0 Å². The van der Waals surface area contributed by atoms with Gasteiger partial charge in [-0.3, -0.25) is 9.10 Å². The number of hydrogen-bond donors (Lipinski definition) is 0. The fourth-order valence-electron chi connectivity index (χ4n) is 4.28. The van der Waals surface area contributed by atoms with Crippen molar-refractivity contribution in [1.29, 1.82) is 0 Å². The molecule has 3 aromatic carbocycles. The Hall–Kier alpha value is -2.65. The summed E-state index contributed by atoms with van der Waals surface area (Å²) in [6, 6.07) is 17.0. The van der Waals surface area contributed by atoms with E-state index in [2.05, 4.69) is 4.99 Å². The van der Waals surface area contributed by atoms with E-state index in [0.29, 0.717) is 39.2 Å². The fraction of sp³-hybridized carbons (Fsp3) is 0.200. The van der Waals surface area contributed by atoms with Crippen molar-refractivity contribution in [1.82, 2.24) is 4.57 Å². The third-order valence-corrected chi connectivity index (χ3v) is 9.67. The number of fused-ring (bicyclic) bond motifs is 2. The third-order valence-electron chi connectivity index (χ3n) is 6.00. The van der Waals surface area contributed by atoms with Gasteiger partial charge in [0, 0.05) is 18.7 Å². The number of rotatable bonds is 4. The number of anilines is 1. The molecule has 0 radical (unpaired) electrons. The fourth-order valence-corrected chi connectivity index (χ4v) is 7.40. The average Bonchev–Trinajstić information content (AvgIpc) is 3.23. The Balaban J connectivity index is 1.48. The summed E-state index contributed by atoms with van der Waals surface area (Å²) in [4.78, 5) is 17.9. The second-order valence-electron chi connectivity index (χ2n) is 8.09. The molecule has 0 saturated carbocycles. The van der Waals surface area contributed by atoms with Crippen LogP contribution in [0.1, 0.15) is 29.3 Å². The van der Waals surface area contributed by atoms with E-state index in [1.165, 1.54) is 39.9 Å². The highest BCUT2D eigenvalue weighted by Gasteiger charge is 2.29. The minimum absolute atomic E-state index is 0.137. The molecule has 1 aromatic heterocycles. The molecule has 180 valence electrons. The maximum atomic E-state index is 13.4. The van der Waals surface area contributed by atoms with Crippen molar-refractivity contribution >= 4 is 66.4 Å². The molecular weight excluding hydrogens is 525 g/mol. The second kappa shape index (κ2) is 9.43. The van der Waals surface area contributed by atoms with Crippen molar-refractivity contribution in [2.45, 2.75) is 31.2 Å². The van der Waals surface area contributed by atoms with Crippen LogP contribution in [0.4, 0.5) is 5.69 Å². The van der Waals surface area contributed by atoms with Gasteiger partial charge < -0.3 is 4.57 Å². The van der Waals surface area contributed by atoms with E-state index in [9.17, 15) is 13.2 Å². The van der Waals surface area contributed by atoms with Gasteiger partial charge >= 0.3 is 0 Å². The zero-order chi connectivity index (χ0) is 24.7. The van der Waals surface area contributed by atoms with Crippen LogP contribution < -0.4 is 9.11 Å². The van der Waals surface area contributed by atoms with E-state index < -0.39 is 15.9 Å². The van der Waals surface area contributed by atoms with Gasteiger partial charge in [-0.15, -0.1) is 0 Å². The first-order valence-corrected chi connectivity index (χ1v) is 14.1. The zero-order valence-electron chi connectivity index (χ0n) is 18.7. The van der Waals surface area contributed by atoms with E-state index in [4.69, 9.17) is 23.2 Å². The Morgan fingerprint density at radius 2 is 1.80 bits per heavy atom. The number of aryl methyl sites for hydroxylation is 2. The molecule has 35 heavy (non-hydrogen) atoms. The lowest BCUT2D eigenvalue weighted by Gasteiger charge is -2.30. The summed E-state index contributed by atoms with van der Waals surface area (Å²) in [5.74, 6) is -0.465. The van der Waals surface area contributed by atoms with Gasteiger partial charge in [0.1, 0.15) is 0 Å². The molecular formula is C25H21Cl2N3O3S2. The van der Waals surface area contributed by atoms with Crippen molar-refractivity contribution in [3.8, 4) is 0 Å². The molecule has 4 aromatic rings. The van der Waals surface area contributed by atoms with Crippen LogP contribution in [-0.4, -0.2) is 25.4 Å². The molecule has 10 heteroatoms. The van der Waals surface area contributed by atoms with Crippen molar-refractivity contribution in [3.05, 3.63) is 86.6 Å². The van der Waals surface area contributed by atoms with Crippen LogP contribution in [-0.2, 0) is 23.0 Å². The first-order chi connectivity index (χ1) is 16.8. The predicted molar refractivity (Wildman–Crippen MR) is 141 cm³/mol. The van der Waals surface area contributed by atoms with Gasteiger partial charge in [-0.1, -0.05) is 52.7 Å². The maximum absolute atomic E-state index is 13.4. The van der Waals surface area contributed by atoms with Crippen LogP contribution in [0.2, 0.25) is 10.0 Å². The molecule has 0 unspecified atom stereocenters. The van der Waals surface area contributed by atoms with E-state index in [1.807, 2.05) is 41.8 Å². The molecule has 0 saturated heterocycles. The van der Waals surface area contributed by atoms with Gasteiger partial charge in [-0.2, -0.15) is 4.99 Å². The second-order valence-corrected chi connectivity index (χ2v) is 11.7. The highest BCUT2D eigenvalue weighted by Crippen LogP contribution is 2.33. The lowest BCUT2D eigenvalue weighted by Crippen LogP contribution is -2.35. The molecule has 0 fully saturated rings. The molecule has 5 rings (SSSR count). The summed E-state index contributed by atoms with van der Waals surface area (Å²) in [7, 11) is -3.75. The van der Waals surface area contributed by atoms with Crippen molar-refractivity contribution < 1.29 is 13.2 Å². The first-order valence-electron chi connectivity index (χ1n) is 11.1. The van der Waals surface area contributed by atoms with Crippen molar-refractivity contribution in [2.75, 3.05) is 10.8 Å². The Morgan fingerprint density at radius 1 is 1.06 bits per heavy atom. The molecule has 0 N–H and O–H groups in total. The maximum Gasteiger partial charge on any atom is 0.279 e. The summed E-state index contributed by atoms with van der Waals surface area (Å²) in [5, 5.41) is 0.857. The van der Waals surface area contributed by atoms with Crippen LogP contribution in [0, 0.1) is 0 Å². The summed E-state index contributed by atoms with van der Waals surface area (Å²) in [6.45, 7) is 2.91. The van der Waals surface area contributed by atoms with Crippen molar-refractivity contribution in [3.63, 3.8) is 0 Å². The van der Waals surface area contributed by atoms with E-state index in [1.54, 1.807) is 6.07 Å². The largest absolute Gasteiger partial charge is 0.315 e. The molecule has 0 bridgehead atoms. The number of carbonyl (C=O) groups excluding carboxylic acids is 1. The van der Waals surface area contributed by atoms with Crippen LogP contribution >= 0.6 is 34.5 Å². The summed E-state index contributed by atoms with van der Waals surface area (Å²) in [5.41, 5.74) is 2.76. The highest BCUT2D eigenvalue weighted by atomic mass is 35.5. The number of halogens is 2. The average molecular weight is 547 g/mol. The summed E-state index contributed by atoms with van der Waals surface area (Å²) >= 11 is 13.9. The smallest absolute Gasteiger partial charge is 0.279 e. The van der Waals surface area contributed by atoms with E-state index in [-0.39, 0.29) is 4.90 Å². The third kappa shape index (κ3) is 4.29. The van der Waals surface area contributed by atoms with Crippen LogP contribution in [0.5, 0.6) is 0 Å². The molecule has 2 heterocycles. The lowest BCUT2D eigenvalue weighted by molar-refractivity contribution is 0.0997. The lowest BCUT2D eigenvalue weighted by atomic mass is 10.0. The number of nitrogens with zero attached hydrogens (tertiary/aromatic N) is 3. The number of carbonyl (C=O) groups is 1. The van der Waals surface area contributed by atoms with Gasteiger partial charge in [0.05, 0.1) is 30.8 Å². The SMILES string of the molecule is CCn1c(=NC(=O)c2ccc(S(=O)(=O)N3CCCc4ccccc43)cc2)sc2ccc(Cl)c(Cl)c21. The number of para-hydroxylation sites is 1. The van der Waals surface area contributed by atoms with Crippen molar-refractivity contribution in [2.24, 2.45) is 4.99 Å². The quantitative estimate of drug-likeness (QED) is 0.320. The minimum atomic E-state index is -3.75. The van der Waals surface area contributed by atoms with Crippen LogP contribution in [0.25, 0.3) is 10.2 Å². The van der Waals surface area contributed by atoms with Gasteiger partial charge in [-0.05, 0) is 67.8 Å². The molecule has 1 aliphatic rings. The van der Waals surface area contributed by atoms with Crippen LogP contribution in [0.15, 0.2) is 70.6 Å². The Bertz CT molecular complexity index is 1620. The predicted octanol–water partition coefficient (Wildman–Crippen LogP) is 5.91. The Kier molecular flexibility index (Phi) is 6.48.